The minimum atomic E-state index is -1.49. The Hall–Kier alpha value is -2.43. The summed E-state index contributed by atoms with van der Waals surface area (Å²) in [5, 5.41) is 8.79. The van der Waals surface area contributed by atoms with Crippen molar-refractivity contribution in [1.82, 2.24) is 0 Å². The average molecular weight is 291 g/mol. The molecule has 2 aromatic carbocycles. The maximum absolute atomic E-state index is 14.1. The maximum Gasteiger partial charge on any atom is 0.338 e. The van der Waals surface area contributed by atoms with Crippen LogP contribution in [0.4, 0.5) is 20.2 Å². The van der Waals surface area contributed by atoms with Gasteiger partial charge in [0, 0.05) is 12.7 Å². The lowest BCUT2D eigenvalue weighted by atomic mass is 10.1. The Labute approximate surface area is 121 Å². The molecule has 0 atom stereocenters. The standard InChI is InChI=1S/C16H15F2NO2/c1-9-6-10(2)8-11(7-9)19(3)13-5-4-12(16(20)21)14(17)15(13)18/h4-8H,1-3H3,(H,20,21). The molecule has 0 aromatic heterocycles. The van der Waals surface area contributed by atoms with Crippen molar-refractivity contribution >= 4 is 17.3 Å². The van der Waals surface area contributed by atoms with Gasteiger partial charge in [0.15, 0.2) is 11.6 Å². The van der Waals surface area contributed by atoms with Crippen LogP contribution >= 0.6 is 0 Å². The molecule has 0 heterocycles. The normalized spacial score (nSPS) is 10.5. The van der Waals surface area contributed by atoms with Crippen LogP contribution in [0, 0.1) is 25.5 Å². The number of halogens is 2. The van der Waals surface area contributed by atoms with Crippen LogP contribution < -0.4 is 4.90 Å². The highest BCUT2D eigenvalue weighted by molar-refractivity contribution is 5.88. The predicted octanol–water partition coefficient (Wildman–Crippen LogP) is 4.05. The highest BCUT2D eigenvalue weighted by Gasteiger charge is 2.20. The molecule has 21 heavy (non-hydrogen) atoms. The number of anilines is 2. The van der Waals surface area contributed by atoms with Gasteiger partial charge in [-0.2, -0.15) is 0 Å². The molecule has 1 N–H and O–H groups in total. The van der Waals surface area contributed by atoms with Gasteiger partial charge < -0.3 is 10.0 Å². The second-order valence-electron chi connectivity index (χ2n) is 4.97. The average Bonchev–Trinajstić information content (AvgIpc) is 2.39. The number of hydrogen-bond donors (Lipinski definition) is 1. The van der Waals surface area contributed by atoms with Crippen molar-refractivity contribution in [2.75, 3.05) is 11.9 Å². The summed E-state index contributed by atoms with van der Waals surface area (Å²) in [6.45, 7) is 3.82. The Morgan fingerprint density at radius 2 is 1.62 bits per heavy atom. The smallest absolute Gasteiger partial charge is 0.338 e. The maximum atomic E-state index is 14.1. The third kappa shape index (κ3) is 2.86. The molecule has 0 fully saturated rings. The van der Waals surface area contributed by atoms with Crippen LogP contribution in [-0.4, -0.2) is 18.1 Å². The number of carbonyl (C=O) groups is 1. The van der Waals surface area contributed by atoms with Gasteiger partial charge in [0.1, 0.15) is 0 Å². The zero-order chi connectivity index (χ0) is 15.7. The minimum absolute atomic E-state index is 0.0116. The fourth-order valence-electron chi connectivity index (χ4n) is 2.25. The van der Waals surface area contributed by atoms with E-state index < -0.39 is 23.2 Å². The van der Waals surface area contributed by atoms with Crippen LogP contribution in [0.1, 0.15) is 21.5 Å². The molecule has 0 saturated carbocycles. The van der Waals surface area contributed by atoms with E-state index in [-0.39, 0.29) is 5.69 Å². The van der Waals surface area contributed by atoms with Crippen molar-refractivity contribution in [3.63, 3.8) is 0 Å². The van der Waals surface area contributed by atoms with Crippen molar-refractivity contribution in [2.24, 2.45) is 0 Å². The van der Waals surface area contributed by atoms with Crippen LogP contribution in [0.2, 0.25) is 0 Å². The number of nitrogens with zero attached hydrogens (tertiary/aromatic N) is 1. The van der Waals surface area contributed by atoms with Crippen molar-refractivity contribution in [3.8, 4) is 0 Å². The van der Waals surface area contributed by atoms with E-state index >= 15 is 0 Å². The van der Waals surface area contributed by atoms with Gasteiger partial charge in [-0.1, -0.05) is 6.07 Å². The lowest BCUT2D eigenvalue weighted by Crippen LogP contribution is -2.14. The first-order valence-electron chi connectivity index (χ1n) is 6.34. The van der Waals surface area contributed by atoms with E-state index in [0.717, 1.165) is 17.2 Å². The zero-order valence-electron chi connectivity index (χ0n) is 11.9. The van der Waals surface area contributed by atoms with E-state index in [1.54, 1.807) is 7.05 Å². The molecule has 0 aliphatic rings. The van der Waals surface area contributed by atoms with Gasteiger partial charge in [-0.25, -0.2) is 13.6 Å². The fourth-order valence-corrected chi connectivity index (χ4v) is 2.25. The summed E-state index contributed by atoms with van der Waals surface area (Å²) in [6, 6.07) is 7.99. The molecule has 0 aliphatic carbocycles. The van der Waals surface area contributed by atoms with E-state index in [0.29, 0.717) is 5.69 Å². The molecule has 5 heteroatoms. The molecule has 2 rings (SSSR count). The van der Waals surface area contributed by atoms with E-state index in [1.807, 2.05) is 32.0 Å². The van der Waals surface area contributed by atoms with E-state index in [9.17, 15) is 13.6 Å². The molecule has 0 bridgehead atoms. The van der Waals surface area contributed by atoms with Gasteiger partial charge in [0.2, 0.25) is 0 Å². The monoisotopic (exact) mass is 291 g/mol. The Bertz CT molecular complexity index is 693. The molecule has 0 unspecified atom stereocenters. The lowest BCUT2D eigenvalue weighted by molar-refractivity contribution is 0.0690. The van der Waals surface area contributed by atoms with Crippen molar-refractivity contribution < 1.29 is 18.7 Å². The third-order valence-electron chi connectivity index (χ3n) is 3.25. The minimum Gasteiger partial charge on any atom is -0.478 e. The lowest BCUT2D eigenvalue weighted by Gasteiger charge is -2.21. The number of rotatable bonds is 3. The quantitative estimate of drug-likeness (QED) is 0.927. The molecular weight excluding hydrogens is 276 g/mol. The topological polar surface area (TPSA) is 40.5 Å². The number of hydrogen-bond acceptors (Lipinski definition) is 2. The Kier molecular flexibility index (Phi) is 3.93. The molecule has 0 saturated heterocycles. The predicted molar refractivity (Wildman–Crippen MR) is 77.3 cm³/mol. The first kappa shape index (κ1) is 15.0. The summed E-state index contributed by atoms with van der Waals surface area (Å²) in [6.07, 6.45) is 0. The number of aromatic carboxylic acids is 1. The molecule has 110 valence electrons. The third-order valence-corrected chi connectivity index (χ3v) is 3.25. The fraction of sp³-hybridized carbons (Fsp3) is 0.188. The van der Waals surface area contributed by atoms with Crippen LogP contribution in [0.3, 0.4) is 0 Å². The number of carboxylic acids is 1. The van der Waals surface area contributed by atoms with E-state index in [4.69, 9.17) is 5.11 Å². The molecule has 2 aromatic rings. The summed E-state index contributed by atoms with van der Waals surface area (Å²) >= 11 is 0. The van der Waals surface area contributed by atoms with E-state index in [1.165, 1.54) is 11.0 Å². The molecule has 0 amide bonds. The molecule has 0 aliphatic heterocycles. The van der Waals surface area contributed by atoms with Crippen LogP contribution in [0.5, 0.6) is 0 Å². The molecule has 0 spiro atoms. The summed E-state index contributed by atoms with van der Waals surface area (Å²) in [4.78, 5) is 12.3. The number of aryl methyl sites for hydroxylation is 2. The summed E-state index contributed by atoms with van der Waals surface area (Å²) in [5.74, 6) is -4.01. The second kappa shape index (κ2) is 5.52. The number of benzene rings is 2. The van der Waals surface area contributed by atoms with Gasteiger partial charge >= 0.3 is 5.97 Å². The van der Waals surface area contributed by atoms with Gasteiger partial charge in [-0.3, -0.25) is 0 Å². The summed E-state index contributed by atoms with van der Waals surface area (Å²) in [7, 11) is 1.60. The Morgan fingerprint density at radius 1 is 1.05 bits per heavy atom. The Morgan fingerprint density at radius 3 is 2.14 bits per heavy atom. The van der Waals surface area contributed by atoms with Crippen molar-refractivity contribution in [1.29, 1.82) is 0 Å². The number of carboxylic acid groups (broad SMARTS) is 1. The Balaban J connectivity index is 2.51. The first-order chi connectivity index (χ1) is 9.81. The summed E-state index contributed by atoms with van der Waals surface area (Å²) < 4.78 is 27.8. The van der Waals surface area contributed by atoms with Crippen molar-refractivity contribution in [3.05, 3.63) is 58.7 Å². The van der Waals surface area contributed by atoms with Gasteiger partial charge in [-0.05, 0) is 49.2 Å². The largest absolute Gasteiger partial charge is 0.478 e. The van der Waals surface area contributed by atoms with Crippen LogP contribution in [0.25, 0.3) is 0 Å². The first-order valence-corrected chi connectivity index (χ1v) is 6.34. The van der Waals surface area contributed by atoms with Crippen LogP contribution in [-0.2, 0) is 0 Å². The van der Waals surface area contributed by atoms with E-state index in [2.05, 4.69) is 0 Å². The highest BCUT2D eigenvalue weighted by Crippen LogP contribution is 2.30. The van der Waals surface area contributed by atoms with Crippen molar-refractivity contribution in [2.45, 2.75) is 13.8 Å². The van der Waals surface area contributed by atoms with Gasteiger partial charge in [0.05, 0.1) is 11.3 Å². The molecule has 0 radical (unpaired) electrons. The SMILES string of the molecule is Cc1cc(C)cc(N(C)c2ccc(C(=O)O)c(F)c2F)c1. The zero-order valence-corrected chi connectivity index (χ0v) is 11.9. The highest BCUT2D eigenvalue weighted by atomic mass is 19.2. The van der Waals surface area contributed by atoms with Gasteiger partial charge in [-0.15, -0.1) is 0 Å². The van der Waals surface area contributed by atoms with Crippen LogP contribution in [0.15, 0.2) is 30.3 Å². The molecular formula is C16H15F2NO2. The second-order valence-corrected chi connectivity index (χ2v) is 4.97. The molecule has 3 nitrogen and oxygen atoms in total. The summed E-state index contributed by atoms with van der Waals surface area (Å²) in [5.41, 5.74) is 2.02. The van der Waals surface area contributed by atoms with Gasteiger partial charge in [0.25, 0.3) is 0 Å².